The number of thiocarbonyl (C=S) groups is 1. The van der Waals surface area contributed by atoms with Gasteiger partial charge in [-0.15, -0.1) is 0 Å². The summed E-state index contributed by atoms with van der Waals surface area (Å²) in [6.45, 7) is 4.90. The topological polar surface area (TPSA) is 79.5 Å². The first kappa shape index (κ1) is 21.8. The fraction of sp³-hybridized carbons (Fsp3) is 0.250. The average molecular weight is 464 g/mol. The van der Waals surface area contributed by atoms with Crippen molar-refractivity contribution in [3.05, 3.63) is 58.1 Å². The summed E-state index contributed by atoms with van der Waals surface area (Å²) in [6, 6.07) is 12.1. The van der Waals surface area contributed by atoms with Gasteiger partial charge in [0.1, 0.15) is 5.75 Å². The third-order valence-electron chi connectivity index (χ3n) is 3.59. The molecule has 0 atom stereocenters. The predicted octanol–water partition coefficient (Wildman–Crippen LogP) is 4.11. The van der Waals surface area contributed by atoms with E-state index < -0.39 is 0 Å². The summed E-state index contributed by atoms with van der Waals surface area (Å²) in [7, 11) is 0. The molecule has 0 saturated carbocycles. The zero-order valence-electron chi connectivity index (χ0n) is 15.7. The summed E-state index contributed by atoms with van der Waals surface area (Å²) in [5.41, 5.74) is 1.48. The van der Waals surface area contributed by atoms with Gasteiger partial charge in [0.05, 0.1) is 12.2 Å². The molecule has 2 aromatic carbocycles. The van der Waals surface area contributed by atoms with E-state index in [9.17, 15) is 9.59 Å². The van der Waals surface area contributed by atoms with Gasteiger partial charge >= 0.3 is 0 Å². The van der Waals surface area contributed by atoms with Crippen molar-refractivity contribution < 1.29 is 14.3 Å². The van der Waals surface area contributed by atoms with Crippen LogP contribution in [0.2, 0.25) is 0 Å². The van der Waals surface area contributed by atoms with Gasteiger partial charge in [-0.25, -0.2) is 0 Å². The number of nitrogens with one attached hydrogen (secondary N) is 3. The van der Waals surface area contributed by atoms with E-state index in [1.54, 1.807) is 36.4 Å². The van der Waals surface area contributed by atoms with E-state index in [1.165, 1.54) is 0 Å². The lowest BCUT2D eigenvalue weighted by Gasteiger charge is -2.13. The second-order valence-corrected chi connectivity index (χ2v) is 7.16. The minimum atomic E-state index is -0.384. The fourth-order valence-corrected chi connectivity index (χ4v) is 2.92. The SMILES string of the molecule is CCCOc1ccc(Br)cc1C(=O)NC(=S)Nc1cccc(C(=O)NCC)c1. The van der Waals surface area contributed by atoms with Gasteiger partial charge in [0, 0.05) is 22.3 Å². The standard InChI is InChI=1S/C20H22BrN3O3S/c1-3-10-27-17-9-8-14(21)12-16(17)19(26)24-20(28)23-15-7-5-6-13(11-15)18(25)22-4-2/h5-9,11-12H,3-4,10H2,1-2H3,(H,22,25)(H2,23,24,26,28). The Bertz CT molecular complexity index is 874. The van der Waals surface area contributed by atoms with Crippen molar-refractivity contribution in [3.8, 4) is 5.75 Å². The van der Waals surface area contributed by atoms with E-state index in [-0.39, 0.29) is 16.9 Å². The first-order chi connectivity index (χ1) is 13.4. The van der Waals surface area contributed by atoms with Crippen molar-refractivity contribution in [1.82, 2.24) is 10.6 Å². The van der Waals surface area contributed by atoms with Crippen molar-refractivity contribution in [2.45, 2.75) is 20.3 Å². The Balaban J connectivity index is 2.07. The smallest absolute Gasteiger partial charge is 0.261 e. The molecule has 6 nitrogen and oxygen atoms in total. The summed E-state index contributed by atoms with van der Waals surface area (Å²) < 4.78 is 6.40. The number of amides is 2. The Hall–Kier alpha value is -2.45. The summed E-state index contributed by atoms with van der Waals surface area (Å²) >= 11 is 8.60. The second kappa shape index (κ2) is 10.8. The molecule has 0 radical (unpaired) electrons. The molecule has 0 aliphatic heterocycles. The zero-order chi connectivity index (χ0) is 20.5. The highest BCUT2D eigenvalue weighted by Crippen LogP contribution is 2.23. The van der Waals surface area contributed by atoms with Crippen LogP contribution in [-0.2, 0) is 0 Å². The van der Waals surface area contributed by atoms with Gasteiger partial charge in [-0.05, 0) is 62.0 Å². The lowest BCUT2D eigenvalue weighted by Crippen LogP contribution is -2.34. The first-order valence-electron chi connectivity index (χ1n) is 8.87. The zero-order valence-corrected chi connectivity index (χ0v) is 18.1. The van der Waals surface area contributed by atoms with Crippen LogP contribution in [-0.4, -0.2) is 30.1 Å². The third kappa shape index (κ3) is 6.31. The quantitative estimate of drug-likeness (QED) is 0.538. The number of benzene rings is 2. The van der Waals surface area contributed by atoms with Crippen LogP contribution in [0.15, 0.2) is 46.9 Å². The van der Waals surface area contributed by atoms with Crippen LogP contribution in [0.1, 0.15) is 41.0 Å². The van der Waals surface area contributed by atoms with Gasteiger partial charge in [-0.1, -0.05) is 28.9 Å². The maximum Gasteiger partial charge on any atom is 0.261 e. The van der Waals surface area contributed by atoms with Crippen LogP contribution in [0.25, 0.3) is 0 Å². The Labute approximate surface area is 178 Å². The van der Waals surface area contributed by atoms with Gasteiger partial charge in [0.25, 0.3) is 11.8 Å². The summed E-state index contributed by atoms with van der Waals surface area (Å²) in [5, 5.41) is 8.43. The third-order valence-corrected chi connectivity index (χ3v) is 4.29. The van der Waals surface area contributed by atoms with Crippen LogP contribution in [0.4, 0.5) is 5.69 Å². The maximum atomic E-state index is 12.6. The van der Waals surface area contributed by atoms with Crippen molar-refractivity contribution >= 4 is 50.8 Å². The number of halogens is 1. The molecule has 2 aromatic rings. The van der Waals surface area contributed by atoms with Crippen molar-refractivity contribution in [2.24, 2.45) is 0 Å². The van der Waals surface area contributed by atoms with Crippen LogP contribution in [0, 0.1) is 0 Å². The molecule has 0 saturated heterocycles. The summed E-state index contributed by atoms with van der Waals surface area (Å²) in [4.78, 5) is 24.6. The molecule has 2 rings (SSSR count). The molecule has 0 unspecified atom stereocenters. The number of carbonyl (C=O) groups is 2. The molecule has 0 spiro atoms. The highest BCUT2D eigenvalue weighted by Gasteiger charge is 2.15. The minimum Gasteiger partial charge on any atom is -0.493 e. The monoisotopic (exact) mass is 463 g/mol. The second-order valence-electron chi connectivity index (χ2n) is 5.84. The molecule has 2 amide bonds. The predicted molar refractivity (Wildman–Crippen MR) is 118 cm³/mol. The molecule has 3 N–H and O–H groups in total. The summed E-state index contributed by atoms with van der Waals surface area (Å²) in [5.74, 6) is -0.0682. The molecule has 0 fully saturated rings. The normalized spacial score (nSPS) is 10.1. The molecule has 0 aromatic heterocycles. The fourth-order valence-electron chi connectivity index (χ4n) is 2.35. The van der Waals surface area contributed by atoms with Crippen molar-refractivity contribution in [3.63, 3.8) is 0 Å². The number of hydrogen-bond donors (Lipinski definition) is 3. The molecule has 0 heterocycles. The summed E-state index contributed by atoms with van der Waals surface area (Å²) in [6.07, 6.45) is 0.832. The van der Waals surface area contributed by atoms with Crippen LogP contribution in [0.5, 0.6) is 5.75 Å². The van der Waals surface area contributed by atoms with E-state index in [4.69, 9.17) is 17.0 Å². The molecule has 0 bridgehead atoms. The lowest BCUT2D eigenvalue weighted by molar-refractivity contribution is 0.0952. The Morgan fingerprint density at radius 3 is 2.61 bits per heavy atom. The van der Waals surface area contributed by atoms with Crippen molar-refractivity contribution in [2.75, 3.05) is 18.5 Å². The van der Waals surface area contributed by atoms with E-state index in [0.29, 0.717) is 35.7 Å². The Morgan fingerprint density at radius 2 is 1.89 bits per heavy atom. The van der Waals surface area contributed by atoms with Gasteiger partial charge in [0.15, 0.2) is 5.11 Å². The van der Waals surface area contributed by atoms with Gasteiger partial charge < -0.3 is 15.4 Å². The number of hydrogen-bond acceptors (Lipinski definition) is 4. The number of anilines is 1. The molecule has 0 aliphatic rings. The molecule has 0 aliphatic carbocycles. The number of rotatable bonds is 7. The lowest BCUT2D eigenvalue weighted by atomic mass is 10.2. The van der Waals surface area contributed by atoms with Crippen LogP contribution >= 0.6 is 28.1 Å². The minimum absolute atomic E-state index is 0.125. The maximum absolute atomic E-state index is 12.6. The van der Waals surface area contributed by atoms with E-state index in [1.807, 2.05) is 19.9 Å². The largest absolute Gasteiger partial charge is 0.493 e. The molecular weight excluding hydrogens is 442 g/mol. The van der Waals surface area contributed by atoms with Crippen LogP contribution in [0.3, 0.4) is 0 Å². The highest BCUT2D eigenvalue weighted by atomic mass is 79.9. The van der Waals surface area contributed by atoms with Gasteiger partial charge in [-0.3, -0.25) is 14.9 Å². The molecular formula is C20H22BrN3O3S. The molecule has 28 heavy (non-hydrogen) atoms. The van der Waals surface area contributed by atoms with E-state index in [2.05, 4.69) is 31.9 Å². The highest BCUT2D eigenvalue weighted by molar-refractivity contribution is 9.10. The van der Waals surface area contributed by atoms with E-state index >= 15 is 0 Å². The Morgan fingerprint density at radius 1 is 1.11 bits per heavy atom. The molecule has 148 valence electrons. The van der Waals surface area contributed by atoms with Crippen molar-refractivity contribution in [1.29, 1.82) is 0 Å². The van der Waals surface area contributed by atoms with Gasteiger partial charge in [-0.2, -0.15) is 0 Å². The van der Waals surface area contributed by atoms with Crippen LogP contribution < -0.4 is 20.7 Å². The molecule has 8 heteroatoms. The number of carbonyl (C=O) groups excluding carboxylic acids is 2. The van der Waals surface area contributed by atoms with Gasteiger partial charge in [0.2, 0.25) is 0 Å². The Kier molecular flexibility index (Phi) is 8.41. The van der Waals surface area contributed by atoms with E-state index in [0.717, 1.165) is 10.9 Å². The average Bonchev–Trinajstić information content (AvgIpc) is 2.67. The number of ether oxygens (including phenoxy) is 1. The first-order valence-corrected chi connectivity index (χ1v) is 10.1.